The van der Waals surface area contributed by atoms with Gasteiger partial charge in [0.25, 0.3) is 0 Å². The van der Waals surface area contributed by atoms with Gasteiger partial charge < -0.3 is 4.74 Å². The first kappa shape index (κ1) is 13.1. The number of esters is 1. The molecule has 1 aromatic heterocycles. The van der Waals surface area contributed by atoms with E-state index in [4.69, 9.17) is 4.74 Å². The lowest BCUT2D eigenvalue weighted by atomic mass is 10.1. The Labute approximate surface area is 108 Å². The maximum Gasteiger partial charge on any atom is 0.323 e. The normalized spacial score (nSPS) is 27.0. The van der Waals surface area contributed by atoms with Crippen molar-refractivity contribution < 1.29 is 9.53 Å². The maximum atomic E-state index is 11.6. The Balaban J connectivity index is 1.95. The van der Waals surface area contributed by atoms with Crippen molar-refractivity contribution in [2.45, 2.75) is 58.3 Å². The summed E-state index contributed by atoms with van der Waals surface area (Å²) in [7, 11) is 0. The van der Waals surface area contributed by atoms with Gasteiger partial charge in [0.1, 0.15) is 12.1 Å². The van der Waals surface area contributed by atoms with Crippen molar-refractivity contribution in [2.24, 2.45) is 0 Å². The Kier molecular flexibility index (Phi) is 3.71. The second kappa shape index (κ2) is 5.10. The summed E-state index contributed by atoms with van der Waals surface area (Å²) in [6.45, 7) is 8.10. The van der Waals surface area contributed by atoms with E-state index in [1.807, 2.05) is 30.9 Å². The van der Waals surface area contributed by atoms with Crippen LogP contribution in [0.2, 0.25) is 0 Å². The van der Waals surface area contributed by atoms with Gasteiger partial charge in [0, 0.05) is 18.7 Å². The van der Waals surface area contributed by atoms with Crippen molar-refractivity contribution >= 4 is 5.97 Å². The van der Waals surface area contributed by atoms with E-state index in [0.29, 0.717) is 0 Å². The molecule has 0 saturated carbocycles. The number of nitrogens with zero attached hydrogens (tertiary/aromatic N) is 2. The first-order valence-electron chi connectivity index (χ1n) is 6.44. The molecule has 1 aliphatic heterocycles. The van der Waals surface area contributed by atoms with E-state index in [9.17, 15) is 4.79 Å². The molecule has 1 aliphatic rings. The Morgan fingerprint density at radius 1 is 1.56 bits per heavy atom. The highest BCUT2D eigenvalue weighted by atomic mass is 16.6. The number of rotatable bonds is 4. The van der Waals surface area contributed by atoms with Crippen LogP contribution in [0, 0.1) is 6.92 Å². The molecule has 2 rings (SSSR count). The first-order chi connectivity index (χ1) is 8.47. The molecule has 18 heavy (non-hydrogen) atoms. The van der Waals surface area contributed by atoms with Crippen LogP contribution >= 0.6 is 0 Å². The summed E-state index contributed by atoms with van der Waals surface area (Å²) in [6.07, 6.45) is 4.62. The average Bonchev–Trinajstić information content (AvgIpc) is 2.85. The molecular formula is C13H21N3O2. The molecule has 2 heterocycles. The third-order valence-electron chi connectivity index (χ3n) is 3.51. The van der Waals surface area contributed by atoms with Gasteiger partial charge in [-0.15, -0.1) is 0 Å². The zero-order chi connectivity index (χ0) is 13.3. The van der Waals surface area contributed by atoms with Gasteiger partial charge in [-0.25, -0.2) is 0 Å². The number of aromatic nitrogens is 2. The minimum absolute atomic E-state index is 0.0180. The highest BCUT2D eigenvalue weighted by Crippen LogP contribution is 2.17. The van der Waals surface area contributed by atoms with Gasteiger partial charge in [-0.2, -0.15) is 5.10 Å². The zero-order valence-corrected chi connectivity index (χ0v) is 11.4. The smallest absolute Gasteiger partial charge is 0.323 e. The van der Waals surface area contributed by atoms with E-state index in [1.54, 1.807) is 0 Å². The fourth-order valence-corrected chi connectivity index (χ4v) is 2.23. The number of cyclic esters (lactones) is 1. The molecule has 5 heteroatoms. The summed E-state index contributed by atoms with van der Waals surface area (Å²) in [4.78, 5) is 11.6. The maximum absolute atomic E-state index is 11.6. The van der Waals surface area contributed by atoms with Gasteiger partial charge in [0.05, 0.1) is 12.2 Å². The summed E-state index contributed by atoms with van der Waals surface area (Å²) >= 11 is 0. The molecule has 0 amide bonds. The minimum Gasteiger partial charge on any atom is -0.461 e. The van der Waals surface area contributed by atoms with Crippen molar-refractivity contribution in [2.75, 3.05) is 0 Å². The van der Waals surface area contributed by atoms with Crippen LogP contribution in [-0.2, 0) is 9.53 Å². The van der Waals surface area contributed by atoms with Crippen LogP contribution in [0.25, 0.3) is 0 Å². The lowest BCUT2D eigenvalue weighted by Gasteiger charge is -2.23. The number of aryl methyl sites for hydroxylation is 1. The quantitative estimate of drug-likeness (QED) is 0.823. The summed E-state index contributed by atoms with van der Waals surface area (Å²) in [5, 5.41) is 7.64. The van der Waals surface area contributed by atoms with Gasteiger partial charge in [-0.3, -0.25) is 14.8 Å². The number of hydrogen-bond acceptors (Lipinski definition) is 4. The van der Waals surface area contributed by atoms with E-state index in [-0.39, 0.29) is 30.2 Å². The van der Waals surface area contributed by atoms with Gasteiger partial charge in [0.2, 0.25) is 0 Å². The standard InChI is InChI=1S/C13H21N3O2/c1-8-6-14-16(7-8)11(4)10(3)15-12-5-9(2)18-13(12)17/h6-7,9-12,15H,5H2,1-4H3/t9-,10+,11-,12-/m1/s1. The highest BCUT2D eigenvalue weighted by Gasteiger charge is 2.33. The molecule has 4 atom stereocenters. The molecule has 1 aromatic rings. The molecule has 0 unspecified atom stereocenters. The molecule has 0 bridgehead atoms. The van der Waals surface area contributed by atoms with Gasteiger partial charge >= 0.3 is 5.97 Å². The van der Waals surface area contributed by atoms with E-state index in [2.05, 4.69) is 24.3 Å². The lowest BCUT2D eigenvalue weighted by Crippen LogP contribution is -2.43. The van der Waals surface area contributed by atoms with Crippen molar-refractivity contribution in [3.8, 4) is 0 Å². The van der Waals surface area contributed by atoms with Crippen LogP contribution in [0.1, 0.15) is 38.8 Å². The predicted molar refractivity (Wildman–Crippen MR) is 68.2 cm³/mol. The van der Waals surface area contributed by atoms with Crippen LogP contribution in [0.4, 0.5) is 0 Å². The van der Waals surface area contributed by atoms with Crippen molar-refractivity contribution in [1.82, 2.24) is 15.1 Å². The molecule has 1 fully saturated rings. The molecule has 1 saturated heterocycles. The Morgan fingerprint density at radius 3 is 2.78 bits per heavy atom. The van der Waals surface area contributed by atoms with Crippen molar-refractivity contribution in [1.29, 1.82) is 0 Å². The van der Waals surface area contributed by atoms with Gasteiger partial charge in [-0.1, -0.05) is 0 Å². The molecule has 1 N–H and O–H groups in total. The molecule has 0 radical (unpaired) electrons. The van der Waals surface area contributed by atoms with Crippen LogP contribution in [0.5, 0.6) is 0 Å². The SMILES string of the molecule is Cc1cnn([C@H](C)[C@H](C)N[C@@H]2C[C@@H](C)OC2=O)c1. The van der Waals surface area contributed by atoms with Crippen LogP contribution in [0.15, 0.2) is 12.4 Å². The summed E-state index contributed by atoms with van der Waals surface area (Å²) in [6, 6.07) is 0.170. The summed E-state index contributed by atoms with van der Waals surface area (Å²) < 4.78 is 7.07. The molecule has 0 aromatic carbocycles. The fourth-order valence-electron chi connectivity index (χ4n) is 2.23. The minimum atomic E-state index is -0.186. The third-order valence-corrected chi connectivity index (χ3v) is 3.51. The molecule has 0 spiro atoms. The number of carbonyl (C=O) groups is 1. The Bertz CT molecular complexity index is 430. The van der Waals surface area contributed by atoms with Gasteiger partial charge in [0.15, 0.2) is 0 Å². The fraction of sp³-hybridized carbons (Fsp3) is 0.692. The number of nitrogens with one attached hydrogen (secondary N) is 1. The van der Waals surface area contributed by atoms with Crippen LogP contribution < -0.4 is 5.32 Å². The topological polar surface area (TPSA) is 56.1 Å². The van der Waals surface area contributed by atoms with Crippen molar-refractivity contribution in [3.05, 3.63) is 18.0 Å². The monoisotopic (exact) mass is 251 g/mol. The second-order valence-corrected chi connectivity index (χ2v) is 5.23. The van der Waals surface area contributed by atoms with Crippen LogP contribution in [0.3, 0.4) is 0 Å². The van der Waals surface area contributed by atoms with Gasteiger partial charge in [-0.05, 0) is 33.3 Å². The van der Waals surface area contributed by atoms with E-state index in [0.717, 1.165) is 12.0 Å². The van der Waals surface area contributed by atoms with E-state index >= 15 is 0 Å². The Hall–Kier alpha value is -1.36. The zero-order valence-electron chi connectivity index (χ0n) is 11.4. The largest absolute Gasteiger partial charge is 0.461 e. The molecular weight excluding hydrogens is 230 g/mol. The lowest BCUT2D eigenvalue weighted by molar-refractivity contribution is -0.142. The molecule has 0 aliphatic carbocycles. The predicted octanol–water partition coefficient (Wildman–Crippen LogP) is 1.43. The average molecular weight is 251 g/mol. The number of carbonyl (C=O) groups excluding carboxylic acids is 1. The number of ether oxygens (including phenoxy) is 1. The second-order valence-electron chi connectivity index (χ2n) is 5.23. The first-order valence-corrected chi connectivity index (χ1v) is 6.44. The highest BCUT2D eigenvalue weighted by molar-refractivity contribution is 5.77. The summed E-state index contributed by atoms with van der Waals surface area (Å²) in [5.41, 5.74) is 1.14. The molecule has 100 valence electrons. The van der Waals surface area contributed by atoms with Crippen molar-refractivity contribution in [3.63, 3.8) is 0 Å². The summed E-state index contributed by atoms with van der Waals surface area (Å²) in [5.74, 6) is -0.141. The van der Waals surface area contributed by atoms with E-state index < -0.39 is 0 Å². The third kappa shape index (κ3) is 2.72. The Morgan fingerprint density at radius 2 is 2.28 bits per heavy atom. The number of hydrogen-bond donors (Lipinski definition) is 1. The molecule has 5 nitrogen and oxygen atoms in total. The van der Waals surface area contributed by atoms with Crippen LogP contribution in [-0.4, -0.2) is 33.9 Å². The van der Waals surface area contributed by atoms with E-state index in [1.165, 1.54) is 0 Å².